The van der Waals surface area contributed by atoms with Crippen molar-refractivity contribution in [2.75, 3.05) is 32.7 Å². The van der Waals surface area contributed by atoms with Gasteiger partial charge in [0.15, 0.2) is 0 Å². The maximum absolute atomic E-state index is 12.5. The number of alkyl halides is 1. The fraction of sp³-hybridized carbons (Fsp3) is 0.643. The molecule has 0 saturated carbocycles. The second-order valence-electron chi connectivity index (χ2n) is 4.74. The number of carbonyl (C=O) groups is 1. The molecular weight excluding hydrogens is 282 g/mol. The maximum Gasteiger partial charge on any atom is 0.264 e. The van der Waals surface area contributed by atoms with E-state index in [-0.39, 0.29) is 5.91 Å². The van der Waals surface area contributed by atoms with E-state index in [0.717, 1.165) is 17.7 Å². The van der Waals surface area contributed by atoms with Crippen LogP contribution >= 0.6 is 22.9 Å². The zero-order chi connectivity index (χ0) is 13.7. The van der Waals surface area contributed by atoms with Crippen LogP contribution in [0.15, 0.2) is 6.07 Å². The molecular formula is C14H20ClNO2S. The van der Waals surface area contributed by atoms with Gasteiger partial charge in [0.05, 0.1) is 11.5 Å². The first-order chi connectivity index (χ1) is 9.26. The number of hydrogen-bond acceptors (Lipinski definition) is 3. The Morgan fingerprint density at radius 1 is 1.42 bits per heavy atom. The molecule has 0 unspecified atom stereocenters. The van der Waals surface area contributed by atoms with Gasteiger partial charge in [-0.1, -0.05) is 0 Å². The summed E-state index contributed by atoms with van der Waals surface area (Å²) in [5.41, 5.74) is 1.37. The molecule has 1 heterocycles. The maximum atomic E-state index is 12.5. The Morgan fingerprint density at radius 2 is 2.21 bits per heavy atom. The summed E-state index contributed by atoms with van der Waals surface area (Å²) in [5.74, 6) is 0.553. The second-order valence-corrected chi connectivity index (χ2v) is 6.25. The minimum Gasteiger partial charge on any atom is -0.383 e. The highest BCUT2D eigenvalue weighted by Crippen LogP contribution is 2.30. The molecule has 0 spiro atoms. The van der Waals surface area contributed by atoms with Gasteiger partial charge in [0, 0.05) is 31.0 Å². The number of ether oxygens (including phenoxy) is 1. The third-order valence-corrected chi connectivity index (χ3v) is 4.81. The quantitative estimate of drug-likeness (QED) is 0.756. The summed E-state index contributed by atoms with van der Waals surface area (Å²) < 4.78 is 5.05. The van der Waals surface area contributed by atoms with Crippen molar-refractivity contribution in [2.24, 2.45) is 0 Å². The summed E-state index contributed by atoms with van der Waals surface area (Å²) in [6, 6.07) is 2.08. The van der Waals surface area contributed by atoms with Crippen molar-refractivity contribution in [3.8, 4) is 0 Å². The molecule has 0 saturated heterocycles. The van der Waals surface area contributed by atoms with Gasteiger partial charge in [-0.15, -0.1) is 22.9 Å². The molecule has 1 aromatic rings. The molecule has 19 heavy (non-hydrogen) atoms. The Bertz CT molecular complexity index is 410. The Balaban J connectivity index is 2.09. The lowest BCUT2D eigenvalue weighted by molar-refractivity contribution is 0.0712. The Labute approximate surface area is 123 Å². The minimum absolute atomic E-state index is 0.0945. The van der Waals surface area contributed by atoms with Crippen LogP contribution < -0.4 is 0 Å². The Kier molecular flexibility index (Phi) is 5.67. The second kappa shape index (κ2) is 7.27. The standard InChI is InChI=1S/C14H20ClNO2S/c1-18-9-8-16(7-6-15)14(17)13-10-11-4-2-3-5-12(11)19-13/h10H,2-9H2,1H3. The number of thiophene rings is 1. The van der Waals surface area contributed by atoms with Crippen LogP contribution in [0.1, 0.15) is 33.0 Å². The van der Waals surface area contributed by atoms with Crippen LogP contribution in [0.5, 0.6) is 0 Å². The van der Waals surface area contributed by atoms with Crippen LogP contribution in [-0.2, 0) is 17.6 Å². The fourth-order valence-corrected chi connectivity index (χ4v) is 3.80. The molecule has 0 N–H and O–H groups in total. The van der Waals surface area contributed by atoms with Crippen molar-refractivity contribution >= 4 is 28.8 Å². The van der Waals surface area contributed by atoms with E-state index < -0.39 is 0 Å². The van der Waals surface area contributed by atoms with Gasteiger partial charge in [0.2, 0.25) is 0 Å². The number of hydrogen-bond donors (Lipinski definition) is 0. The highest BCUT2D eigenvalue weighted by molar-refractivity contribution is 7.14. The predicted molar refractivity (Wildman–Crippen MR) is 79.5 cm³/mol. The van der Waals surface area contributed by atoms with E-state index in [1.807, 2.05) is 0 Å². The topological polar surface area (TPSA) is 29.5 Å². The number of halogens is 1. The van der Waals surface area contributed by atoms with Crippen molar-refractivity contribution in [1.29, 1.82) is 0 Å². The molecule has 1 amide bonds. The van der Waals surface area contributed by atoms with Gasteiger partial charge in [-0.25, -0.2) is 0 Å². The van der Waals surface area contributed by atoms with Crippen molar-refractivity contribution in [3.63, 3.8) is 0 Å². The SMILES string of the molecule is COCCN(CCCl)C(=O)c1cc2c(s1)CCCC2. The number of fused-ring (bicyclic) bond motifs is 1. The summed E-state index contributed by atoms with van der Waals surface area (Å²) in [5, 5.41) is 0. The zero-order valence-electron chi connectivity index (χ0n) is 11.3. The molecule has 0 bridgehead atoms. The smallest absolute Gasteiger partial charge is 0.264 e. The fourth-order valence-electron chi connectivity index (χ4n) is 2.37. The third kappa shape index (κ3) is 3.71. The lowest BCUT2D eigenvalue weighted by atomic mass is 9.99. The van der Waals surface area contributed by atoms with Crippen LogP contribution in [-0.4, -0.2) is 43.5 Å². The van der Waals surface area contributed by atoms with Crippen molar-refractivity contribution in [3.05, 3.63) is 21.4 Å². The largest absolute Gasteiger partial charge is 0.383 e. The molecule has 0 aliphatic heterocycles. The molecule has 106 valence electrons. The van der Waals surface area contributed by atoms with Crippen molar-refractivity contribution in [1.82, 2.24) is 4.90 Å². The minimum atomic E-state index is 0.0945. The third-order valence-electron chi connectivity index (χ3n) is 3.41. The van der Waals surface area contributed by atoms with E-state index in [1.54, 1.807) is 23.3 Å². The van der Waals surface area contributed by atoms with Crippen molar-refractivity contribution in [2.45, 2.75) is 25.7 Å². The average Bonchev–Trinajstić information content (AvgIpc) is 2.86. The van der Waals surface area contributed by atoms with Crippen molar-refractivity contribution < 1.29 is 9.53 Å². The van der Waals surface area contributed by atoms with E-state index in [4.69, 9.17) is 16.3 Å². The van der Waals surface area contributed by atoms with Crippen LogP contribution in [0.4, 0.5) is 0 Å². The molecule has 1 aliphatic carbocycles. The van der Waals surface area contributed by atoms with Gasteiger partial charge in [-0.05, 0) is 37.3 Å². The molecule has 1 aromatic heterocycles. The molecule has 2 rings (SSSR count). The molecule has 0 fully saturated rings. The molecule has 0 radical (unpaired) electrons. The van der Waals surface area contributed by atoms with E-state index in [0.29, 0.717) is 25.6 Å². The molecule has 3 nitrogen and oxygen atoms in total. The first kappa shape index (κ1) is 14.8. The van der Waals surface area contributed by atoms with E-state index >= 15 is 0 Å². The molecule has 1 aliphatic rings. The van der Waals surface area contributed by atoms with E-state index in [2.05, 4.69) is 6.07 Å². The summed E-state index contributed by atoms with van der Waals surface area (Å²) in [7, 11) is 1.65. The summed E-state index contributed by atoms with van der Waals surface area (Å²) in [6.45, 7) is 1.73. The summed E-state index contributed by atoms with van der Waals surface area (Å²) >= 11 is 7.43. The lowest BCUT2D eigenvalue weighted by Gasteiger charge is -2.20. The number of aryl methyl sites for hydroxylation is 2. The average molecular weight is 302 g/mol. The van der Waals surface area contributed by atoms with Gasteiger partial charge >= 0.3 is 0 Å². The number of carbonyl (C=O) groups excluding carboxylic acids is 1. The molecule has 0 aromatic carbocycles. The van der Waals surface area contributed by atoms with Crippen LogP contribution in [0.3, 0.4) is 0 Å². The highest BCUT2D eigenvalue weighted by atomic mass is 35.5. The van der Waals surface area contributed by atoms with Gasteiger partial charge in [0.1, 0.15) is 0 Å². The van der Waals surface area contributed by atoms with Gasteiger partial charge in [0.25, 0.3) is 5.91 Å². The zero-order valence-corrected chi connectivity index (χ0v) is 12.9. The predicted octanol–water partition coefficient (Wildman–Crippen LogP) is 2.95. The first-order valence-corrected chi connectivity index (χ1v) is 8.07. The van der Waals surface area contributed by atoms with Crippen LogP contribution in [0.25, 0.3) is 0 Å². The normalized spacial score (nSPS) is 14.2. The van der Waals surface area contributed by atoms with Crippen LogP contribution in [0.2, 0.25) is 0 Å². The Morgan fingerprint density at radius 3 is 2.89 bits per heavy atom. The van der Waals surface area contributed by atoms with Crippen LogP contribution in [0, 0.1) is 0 Å². The van der Waals surface area contributed by atoms with Gasteiger partial charge in [-0.3, -0.25) is 4.79 Å². The van der Waals surface area contributed by atoms with Gasteiger partial charge < -0.3 is 9.64 Å². The number of amides is 1. The van der Waals surface area contributed by atoms with Gasteiger partial charge in [-0.2, -0.15) is 0 Å². The molecule has 5 heteroatoms. The summed E-state index contributed by atoms with van der Waals surface area (Å²) in [6.07, 6.45) is 4.73. The first-order valence-electron chi connectivity index (χ1n) is 6.72. The Hall–Kier alpha value is -0.580. The highest BCUT2D eigenvalue weighted by Gasteiger charge is 2.21. The van der Waals surface area contributed by atoms with E-state index in [1.165, 1.54) is 23.3 Å². The number of nitrogens with zero attached hydrogens (tertiary/aromatic N) is 1. The summed E-state index contributed by atoms with van der Waals surface area (Å²) in [4.78, 5) is 16.5. The lowest BCUT2D eigenvalue weighted by Crippen LogP contribution is -2.35. The molecule has 0 atom stereocenters. The van der Waals surface area contributed by atoms with E-state index in [9.17, 15) is 4.79 Å². The monoisotopic (exact) mass is 301 g/mol. The number of rotatable bonds is 6. The number of methoxy groups -OCH3 is 1.